The number of hydrogen-bond acceptors (Lipinski definition) is 2. The second-order valence-corrected chi connectivity index (χ2v) is 4.91. The first kappa shape index (κ1) is 13.3. The highest BCUT2D eigenvalue weighted by Gasteiger charge is 1.94. The monoisotopic (exact) mass is 252 g/mol. The third-order valence-corrected chi connectivity index (χ3v) is 3.05. The van der Waals surface area contributed by atoms with Crippen LogP contribution in [0.2, 0.25) is 0 Å². The van der Waals surface area contributed by atoms with Crippen molar-refractivity contribution in [1.82, 2.24) is 0 Å². The molecule has 0 atom stereocenters. The molecular formula is C17H20N2. The zero-order valence-electron chi connectivity index (χ0n) is 11.8. The molecule has 98 valence electrons. The Morgan fingerprint density at radius 3 is 2.16 bits per heavy atom. The van der Waals surface area contributed by atoms with Gasteiger partial charge in [-0.15, -0.1) is 0 Å². The molecule has 0 amide bonds. The molecule has 0 aliphatic rings. The Hall–Kier alpha value is -2.09. The average molecular weight is 252 g/mol. The lowest BCUT2D eigenvalue weighted by Crippen LogP contribution is -2.07. The normalized spacial score (nSPS) is 10.9. The number of benzene rings is 2. The fourth-order valence-electron chi connectivity index (χ4n) is 1.82. The molecule has 0 spiro atoms. The van der Waals surface area contributed by atoms with E-state index in [-0.39, 0.29) is 0 Å². The molecule has 0 aliphatic carbocycles. The Morgan fingerprint density at radius 1 is 0.947 bits per heavy atom. The van der Waals surface area contributed by atoms with Crippen LogP contribution in [0.5, 0.6) is 0 Å². The van der Waals surface area contributed by atoms with E-state index in [9.17, 15) is 0 Å². The fraction of sp³-hybridized carbons (Fsp3) is 0.235. The molecule has 0 aliphatic heterocycles. The van der Waals surface area contributed by atoms with Crippen LogP contribution in [0.3, 0.4) is 0 Å². The van der Waals surface area contributed by atoms with Crippen molar-refractivity contribution >= 4 is 17.6 Å². The van der Waals surface area contributed by atoms with Gasteiger partial charge >= 0.3 is 0 Å². The zero-order valence-corrected chi connectivity index (χ0v) is 11.8. The number of anilines is 1. The quantitative estimate of drug-likeness (QED) is 0.751. The standard InChI is InChI=1S/C17H20N2/c1-14-4-6-15(7-5-14)12-13-18-16-8-10-17(11-9-16)19(2)3/h4-11,13H,12H2,1-3H3. The van der Waals surface area contributed by atoms with Crippen LogP contribution in [-0.4, -0.2) is 20.3 Å². The van der Waals surface area contributed by atoms with Crippen LogP contribution in [0, 0.1) is 6.92 Å². The summed E-state index contributed by atoms with van der Waals surface area (Å²) in [5.74, 6) is 0. The van der Waals surface area contributed by atoms with Crippen LogP contribution >= 0.6 is 0 Å². The van der Waals surface area contributed by atoms with Gasteiger partial charge in [0.1, 0.15) is 0 Å². The lowest BCUT2D eigenvalue weighted by molar-refractivity contribution is 1.13. The summed E-state index contributed by atoms with van der Waals surface area (Å²) in [5, 5.41) is 0. The summed E-state index contributed by atoms with van der Waals surface area (Å²) in [6.45, 7) is 2.10. The summed E-state index contributed by atoms with van der Waals surface area (Å²) >= 11 is 0. The second-order valence-electron chi connectivity index (χ2n) is 4.91. The zero-order chi connectivity index (χ0) is 13.7. The first-order valence-electron chi connectivity index (χ1n) is 6.50. The van der Waals surface area contributed by atoms with E-state index in [1.165, 1.54) is 16.8 Å². The first-order valence-corrected chi connectivity index (χ1v) is 6.50. The van der Waals surface area contributed by atoms with Crippen molar-refractivity contribution in [3.8, 4) is 0 Å². The van der Waals surface area contributed by atoms with Gasteiger partial charge in [0.05, 0.1) is 5.69 Å². The van der Waals surface area contributed by atoms with Crippen LogP contribution in [0.1, 0.15) is 11.1 Å². The predicted molar refractivity (Wildman–Crippen MR) is 83.8 cm³/mol. The van der Waals surface area contributed by atoms with Crippen LogP contribution in [0.15, 0.2) is 53.5 Å². The number of aryl methyl sites for hydroxylation is 1. The summed E-state index contributed by atoms with van der Waals surface area (Å²) in [5.41, 5.74) is 4.77. The van der Waals surface area contributed by atoms with Crippen molar-refractivity contribution in [3.05, 3.63) is 59.7 Å². The lowest BCUT2D eigenvalue weighted by Gasteiger charge is -2.11. The molecule has 0 fully saturated rings. The molecule has 0 saturated carbocycles. The second kappa shape index (κ2) is 6.19. The third kappa shape index (κ3) is 3.95. The van der Waals surface area contributed by atoms with Crippen molar-refractivity contribution in [2.75, 3.05) is 19.0 Å². The Labute approximate surface area is 115 Å². The minimum absolute atomic E-state index is 0.871. The van der Waals surface area contributed by atoms with E-state index in [1.807, 2.05) is 32.4 Å². The molecule has 0 N–H and O–H groups in total. The summed E-state index contributed by atoms with van der Waals surface area (Å²) in [6, 6.07) is 16.8. The summed E-state index contributed by atoms with van der Waals surface area (Å²) in [6.07, 6.45) is 2.84. The smallest absolute Gasteiger partial charge is 0.0627 e. The Kier molecular flexibility index (Phi) is 4.35. The van der Waals surface area contributed by atoms with Crippen molar-refractivity contribution in [1.29, 1.82) is 0 Å². The third-order valence-electron chi connectivity index (χ3n) is 3.05. The number of hydrogen-bond donors (Lipinski definition) is 0. The van der Waals surface area contributed by atoms with Gasteiger partial charge in [-0.3, -0.25) is 4.99 Å². The minimum atomic E-state index is 0.871. The van der Waals surface area contributed by atoms with E-state index in [4.69, 9.17) is 0 Å². The van der Waals surface area contributed by atoms with E-state index in [0.29, 0.717) is 0 Å². The van der Waals surface area contributed by atoms with Crippen molar-refractivity contribution in [2.45, 2.75) is 13.3 Å². The largest absolute Gasteiger partial charge is 0.378 e. The lowest BCUT2D eigenvalue weighted by atomic mass is 10.1. The predicted octanol–water partition coefficient (Wildman–Crippen LogP) is 4.01. The van der Waals surface area contributed by atoms with E-state index < -0.39 is 0 Å². The van der Waals surface area contributed by atoms with Gasteiger partial charge in [0.2, 0.25) is 0 Å². The maximum Gasteiger partial charge on any atom is 0.0627 e. The maximum atomic E-state index is 4.48. The van der Waals surface area contributed by atoms with Crippen LogP contribution in [0.4, 0.5) is 11.4 Å². The molecule has 19 heavy (non-hydrogen) atoms. The molecule has 2 nitrogen and oxygen atoms in total. The number of nitrogens with zero attached hydrogens (tertiary/aromatic N) is 2. The van der Waals surface area contributed by atoms with E-state index in [0.717, 1.165) is 12.1 Å². The molecule has 2 aromatic carbocycles. The molecule has 2 aromatic rings. The molecule has 0 bridgehead atoms. The van der Waals surface area contributed by atoms with E-state index in [1.54, 1.807) is 0 Å². The van der Waals surface area contributed by atoms with Gasteiger partial charge in [-0.1, -0.05) is 29.8 Å². The van der Waals surface area contributed by atoms with Gasteiger partial charge < -0.3 is 4.90 Å². The van der Waals surface area contributed by atoms with Gasteiger partial charge in [0, 0.05) is 32.4 Å². The van der Waals surface area contributed by atoms with Crippen LogP contribution in [0.25, 0.3) is 0 Å². The SMILES string of the molecule is Cc1ccc(CC=Nc2ccc(N(C)C)cc2)cc1. The molecule has 2 heteroatoms. The number of rotatable bonds is 4. The van der Waals surface area contributed by atoms with Crippen LogP contribution in [-0.2, 0) is 6.42 Å². The highest BCUT2D eigenvalue weighted by Crippen LogP contribution is 2.17. The molecule has 0 saturated heterocycles. The van der Waals surface area contributed by atoms with E-state index in [2.05, 4.69) is 53.2 Å². The van der Waals surface area contributed by atoms with Gasteiger partial charge in [0.25, 0.3) is 0 Å². The first-order chi connectivity index (χ1) is 9.15. The van der Waals surface area contributed by atoms with Crippen molar-refractivity contribution in [2.24, 2.45) is 4.99 Å². The fourth-order valence-corrected chi connectivity index (χ4v) is 1.82. The van der Waals surface area contributed by atoms with Crippen LogP contribution < -0.4 is 4.90 Å². The molecule has 0 unspecified atom stereocenters. The van der Waals surface area contributed by atoms with Gasteiger partial charge in [-0.2, -0.15) is 0 Å². The van der Waals surface area contributed by atoms with Gasteiger partial charge in [0.15, 0.2) is 0 Å². The molecule has 0 aromatic heterocycles. The molecule has 2 rings (SSSR count). The summed E-state index contributed by atoms with van der Waals surface area (Å²) in [4.78, 5) is 6.56. The van der Waals surface area contributed by atoms with Gasteiger partial charge in [-0.05, 0) is 36.8 Å². The highest BCUT2D eigenvalue weighted by atomic mass is 15.1. The molecule has 0 heterocycles. The Balaban J connectivity index is 1.97. The van der Waals surface area contributed by atoms with Crippen molar-refractivity contribution < 1.29 is 0 Å². The minimum Gasteiger partial charge on any atom is -0.378 e. The number of aliphatic imine (C=N–C) groups is 1. The summed E-state index contributed by atoms with van der Waals surface area (Å²) in [7, 11) is 4.07. The van der Waals surface area contributed by atoms with Gasteiger partial charge in [-0.25, -0.2) is 0 Å². The average Bonchev–Trinajstić information content (AvgIpc) is 2.41. The molecule has 0 radical (unpaired) electrons. The maximum absolute atomic E-state index is 4.48. The highest BCUT2D eigenvalue weighted by molar-refractivity contribution is 5.67. The Morgan fingerprint density at radius 2 is 1.58 bits per heavy atom. The Bertz CT molecular complexity index is 536. The topological polar surface area (TPSA) is 15.6 Å². The summed E-state index contributed by atoms with van der Waals surface area (Å²) < 4.78 is 0. The van der Waals surface area contributed by atoms with E-state index >= 15 is 0 Å². The molecular weight excluding hydrogens is 232 g/mol. The van der Waals surface area contributed by atoms with Crippen molar-refractivity contribution in [3.63, 3.8) is 0 Å².